The van der Waals surface area contributed by atoms with E-state index in [0.29, 0.717) is 12.1 Å². The topological polar surface area (TPSA) is 49.4 Å². The van der Waals surface area contributed by atoms with Gasteiger partial charge in [-0.15, -0.1) is 0 Å². The van der Waals surface area contributed by atoms with Crippen LogP contribution in [0.1, 0.15) is 26.2 Å². The second-order valence-electron chi connectivity index (χ2n) is 5.84. The predicted molar refractivity (Wildman–Crippen MR) is 76.7 cm³/mol. The van der Waals surface area contributed by atoms with Crippen LogP contribution in [0.4, 0.5) is 10.1 Å². The molecule has 6 heteroatoms. The predicted octanol–water partition coefficient (Wildman–Crippen LogP) is 1.88. The summed E-state index contributed by atoms with van der Waals surface area (Å²) in [6, 6.07) is 6.17. The van der Waals surface area contributed by atoms with Crippen molar-refractivity contribution in [1.82, 2.24) is 5.32 Å². The lowest BCUT2D eigenvalue weighted by molar-refractivity contribution is 0.273. The third-order valence-corrected chi connectivity index (χ3v) is 6.22. The fourth-order valence-electron chi connectivity index (χ4n) is 3.55. The van der Waals surface area contributed by atoms with E-state index >= 15 is 0 Å². The number of hydrogen-bond acceptors (Lipinski definition) is 3. The van der Waals surface area contributed by atoms with Gasteiger partial charge in [0.2, 0.25) is 10.0 Å². The number of hydrogen-bond donors (Lipinski definition) is 1. The maximum absolute atomic E-state index is 13.5. The average Bonchev–Trinajstić information content (AvgIpc) is 2.60. The number of nitrogens with one attached hydrogen (secondary N) is 1. The SMILES string of the molecule is C[C@H]1C[C@]2(CCN1)CCS(=O)(=O)N2c1cccc(F)c1. The second-order valence-corrected chi connectivity index (χ2v) is 7.78. The monoisotopic (exact) mass is 298 g/mol. The first-order valence-electron chi connectivity index (χ1n) is 6.95. The first kappa shape index (κ1) is 13.8. The van der Waals surface area contributed by atoms with E-state index < -0.39 is 21.4 Å². The summed E-state index contributed by atoms with van der Waals surface area (Å²) in [5, 5.41) is 3.35. The summed E-state index contributed by atoms with van der Waals surface area (Å²) in [7, 11) is -3.35. The normalized spacial score (nSPS) is 32.7. The van der Waals surface area contributed by atoms with Crippen molar-refractivity contribution in [3.63, 3.8) is 0 Å². The Morgan fingerprint density at radius 2 is 2.20 bits per heavy atom. The van der Waals surface area contributed by atoms with Crippen molar-refractivity contribution in [1.29, 1.82) is 0 Å². The first-order valence-corrected chi connectivity index (χ1v) is 8.56. The molecule has 0 bridgehead atoms. The van der Waals surface area contributed by atoms with Gasteiger partial charge in [-0.3, -0.25) is 4.31 Å². The van der Waals surface area contributed by atoms with Crippen LogP contribution in [0, 0.1) is 5.82 Å². The molecule has 0 aliphatic carbocycles. The zero-order valence-corrected chi connectivity index (χ0v) is 12.3. The minimum absolute atomic E-state index is 0.149. The Kier molecular flexibility index (Phi) is 3.25. The number of rotatable bonds is 1. The third-order valence-electron chi connectivity index (χ3n) is 4.35. The highest BCUT2D eigenvalue weighted by atomic mass is 32.2. The van der Waals surface area contributed by atoms with E-state index in [1.807, 2.05) is 0 Å². The molecule has 1 aromatic rings. The Bertz CT molecular complexity index is 619. The summed E-state index contributed by atoms with van der Waals surface area (Å²) in [6.45, 7) is 2.86. The molecule has 0 radical (unpaired) electrons. The molecule has 4 nitrogen and oxygen atoms in total. The summed E-state index contributed by atoms with van der Waals surface area (Å²) in [6.07, 6.45) is 2.16. The molecule has 1 N–H and O–H groups in total. The molecule has 1 aromatic carbocycles. The molecule has 20 heavy (non-hydrogen) atoms. The van der Waals surface area contributed by atoms with Gasteiger partial charge in [-0.1, -0.05) is 6.07 Å². The number of sulfonamides is 1. The molecule has 0 aromatic heterocycles. The van der Waals surface area contributed by atoms with Gasteiger partial charge in [0.15, 0.2) is 0 Å². The van der Waals surface area contributed by atoms with E-state index in [0.717, 1.165) is 19.4 Å². The molecule has 2 aliphatic rings. The third kappa shape index (κ3) is 2.20. The Labute approximate surface area is 119 Å². The lowest BCUT2D eigenvalue weighted by atomic mass is 9.82. The van der Waals surface area contributed by atoms with Crippen LogP contribution in [-0.4, -0.2) is 32.3 Å². The lowest BCUT2D eigenvalue weighted by Gasteiger charge is -2.43. The Morgan fingerprint density at radius 3 is 2.90 bits per heavy atom. The molecule has 3 rings (SSSR count). The van der Waals surface area contributed by atoms with Crippen molar-refractivity contribution in [2.75, 3.05) is 16.6 Å². The van der Waals surface area contributed by atoms with Crippen LogP contribution < -0.4 is 9.62 Å². The molecule has 2 atom stereocenters. The van der Waals surface area contributed by atoms with Crippen molar-refractivity contribution in [3.8, 4) is 0 Å². The van der Waals surface area contributed by atoms with Crippen LogP contribution in [-0.2, 0) is 10.0 Å². The molecule has 0 unspecified atom stereocenters. The second kappa shape index (κ2) is 4.70. The number of piperidine rings is 1. The lowest BCUT2D eigenvalue weighted by Crippen LogP contribution is -2.55. The quantitative estimate of drug-likeness (QED) is 0.861. The molecule has 2 aliphatic heterocycles. The van der Waals surface area contributed by atoms with E-state index in [1.54, 1.807) is 12.1 Å². The van der Waals surface area contributed by atoms with Gasteiger partial charge in [-0.05, 0) is 50.9 Å². The van der Waals surface area contributed by atoms with Crippen molar-refractivity contribution in [2.45, 2.75) is 37.8 Å². The van der Waals surface area contributed by atoms with Crippen molar-refractivity contribution >= 4 is 15.7 Å². The molecular weight excluding hydrogens is 279 g/mol. The van der Waals surface area contributed by atoms with E-state index in [-0.39, 0.29) is 11.8 Å². The van der Waals surface area contributed by atoms with Crippen LogP contribution in [0.25, 0.3) is 0 Å². The summed E-state index contributed by atoms with van der Waals surface area (Å²) < 4.78 is 39.8. The van der Waals surface area contributed by atoms with Crippen molar-refractivity contribution < 1.29 is 12.8 Å². The fraction of sp³-hybridized carbons (Fsp3) is 0.571. The zero-order chi connectivity index (χ0) is 14.4. The Hall–Kier alpha value is -1.14. The summed E-state index contributed by atoms with van der Waals surface area (Å²) in [5.41, 5.74) is 0.0636. The van der Waals surface area contributed by atoms with Gasteiger partial charge < -0.3 is 5.32 Å². The maximum Gasteiger partial charge on any atom is 0.235 e. The van der Waals surface area contributed by atoms with Crippen molar-refractivity contribution in [3.05, 3.63) is 30.1 Å². The van der Waals surface area contributed by atoms with Crippen LogP contribution in [0.3, 0.4) is 0 Å². The van der Waals surface area contributed by atoms with Gasteiger partial charge in [0.1, 0.15) is 5.82 Å². The standard InChI is InChI=1S/C14H19FN2O2S/c1-11-10-14(5-7-16-11)6-8-20(18,19)17(14)13-4-2-3-12(15)9-13/h2-4,9,11,16H,5-8,10H2,1H3/t11-,14-/m0/s1. The largest absolute Gasteiger partial charge is 0.314 e. The maximum atomic E-state index is 13.5. The van der Waals surface area contributed by atoms with Gasteiger partial charge in [0, 0.05) is 6.04 Å². The Morgan fingerprint density at radius 1 is 1.40 bits per heavy atom. The molecule has 0 amide bonds. The molecule has 2 saturated heterocycles. The van der Waals surface area contributed by atoms with E-state index in [2.05, 4.69) is 12.2 Å². The van der Waals surface area contributed by atoms with Gasteiger partial charge in [0.05, 0.1) is 17.0 Å². The minimum Gasteiger partial charge on any atom is -0.314 e. The molecule has 1 spiro atoms. The Balaban J connectivity index is 2.07. The fourth-order valence-corrected chi connectivity index (χ4v) is 5.65. The van der Waals surface area contributed by atoms with Crippen LogP contribution in [0.2, 0.25) is 0 Å². The van der Waals surface area contributed by atoms with Crippen LogP contribution >= 0.6 is 0 Å². The number of nitrogens with zero attached hydrogens (tertiary/aromatic N) is 1. The van der Waals surface area contributed by atoms with Crippen LogP contribution in [0.5, 0.6) is 0 Å². The number of anilines is 1. The summed E-state index contributed by atoms with van der Waals surface area (Å²) in [5.74, 6) is -0.252. The van der Waals surface area contributed by atoms with E-state index in [9.17, 15) is 12.8 Å². The van der Waals surface area contributed by atoms with Gasteiger partial charge in [-0.25, -0.2) is 12.8 Å². The number of halogens is 1. The summed E-state index contributed by atoms with van der Waals surface area (Å²) in [4.78, 5) is 0. The van der Waals surface area contributed by atoms with Crippen molar-refractivity contribution in [2.24, 2.45) is 0 Å². The minimum atomic E-state index is -3.35. The van der Waals surface area contributed by atoms with E-state index in [1.165, 1.54) is 16.4 Å². The summed E-state index contributed by atoms with van der Waals surface area (Å²) >= 11 is 0. The molecular formula is C14H19FN2O2S. The van der Waals surface area contributed by atoms with Gasteiger partial charge >= 0.3 is 0 Å². The zero-order valence-electron chi connectivity index (χ0n) is 11.5. The smallest absolute Gasteiger partial charge is 0.235 e. The highest BCUT2D eigenvalue weighted by molar-refractivity contribution is 7.93. The van der Waals surface area contributed by atoms with Crippen LogP contribution in [0.15, 0.2) is 24.3 Å². The highest BCUT2D eigenvalue weighted by Gasteiger charge is 2.51. The molecule has 2 fully saturated rings. The molecule has 2 heterocycles. The molecule has 0 saturated carbocycles. The first-order chi connectivity index (χ1) is 9.43. The number of benzene rings is 1. The average molecular weight is 298 g/mol. The van der Waals surface area contributed by atoms with E-state index in [4.69, 9.17) is 0 Å². The molecule has 110 valence electrons. The van der Waals surface area contributed by atoms with Gasteiger partial charge in [0.25, 0.3) is 0 Å². The van der Waals surface area contributed by atoms with Gasteiger partial charge in [-0.2, -0.15) is 0 Å². The highest BCUT2D eigenvalue weighted by Crippen LogP contribution is 2.43.